The van der Waals surface area contributed by atoms with Gasteiger partial charge in [-0.25, -0.2) is 0 Å². The van der Waals surface area contributed by atoms with Gasteiger partial charge >= 0.3 is 0 Å². The van der Waals surface area contributed by atoms with E-state index in [0.717, 1.165) is 32.0 Å². The van der Waals surface area contributed by atoms with Crippen LogP contribution >= 0.6 is 27.7 Å². The Morgan fingerprint density at radius 2 is 1.76 bits per heavy atom. The first kappa shape index (κ1) is 17.6. The van der Waals surface area contributed by atoms with Crippen LogP contribution in [-0.4, -0.2) is 35.1 Å². The van der Waals surface area contributed by atoms with Crippen LogP contribution in [0.25, 0.3) is 10.9 Å². The van der Waals surface area contributed by atoms with Gasteiger partial charge in [-0.05, 0) is 58.0 Å². The number of para-hydroxylation sites is 1. The van der Waals surface area contributed by atoms with Gasteiger partial charge in [0.05, 0.1) is 4.47 Å². The first-order chi connectivity index (χ1) is 12.0. The summed E-state index contributed by atoms with van der Waals surface area (Å²) in [5.74, 6) is -0.229. The molecule has 2 aromatic carbocycles. The molecule has 3 rings (SSSR count). The van der Waals surface area contributed by atoms with Gasteiger partial charge in [0.25, 0.3) is 11.1 Å². The molecule has 128 valence electrons. The zero-order chi connectivity index (χ0) is 18.0. The predicted molar refractivity (Wildman–Crippen MR) is 105 cm³/mol. The fourth-order valence-electron chi connectivity index (χ4n) is 2.26. The van der Waals surface area contributed by atoms with E-state index in [4.69, 9.17) is 0 Å². The van der Waals surface area contributed by atoms with E-state index in [1.54, 1.807) is 26.2 Å². The molecule has 0 radical (unpaired) electrons. The highest BCUT2D eigenvalue weighted by atomic mass is 79.9. The van der Waals surface area contributed by atoms with Gasteiger partial charge in [0, 0.05) is 35.6 Å². The van der Waals surface area contributed by atoms with Crippen LogP contribution in [0.4, 0.5) is 10.5 Å². The summed E-state index contributed by atoms with van der Waals surface area (Å²) in [6.45, 7) is 0. The first-order valence-electron chi connectivity index (χ1n) is 7.52. The van der Waals surface area contributed by atoms with Crippen LogP contribution in [0.3, 0.4) is 0 Å². The molecule has 0 aliphatic heterocycles. The van der Waals surface area contributed by atoms with E-state index < -0.39 is 0 Å². The Kier molecular flexibility index (Phi) is 5.15. The van der Waals surface area contributed by atoms with Gasteiger partial charge in [0.2, 0.25) is 0 Å². The number of amides is 2. The summed E-state index contributed by atoms with van der Waals surface area (Å²) in [7, 11) is 3.42. The second-order valence-corrected chi connectivity index (χ2v) is 7.42. The van der Waals surface area contributed by atoms with Crippen molar-refractivity contribution in [3.63, 3.8) is 0 Å². The molecule has 0 atom stereocenters. The van der Waals surface area contributed by atoms with Crippen LogP contribution in [0, 0.1) is 0 Å². The summed E-state index contributed by atoms with van der Waals surface area (Å²) in [5.41, 5.74) is 2.04. The standard InChI is InChI=1S/C18H16BrN3O2S/c1-22(2)18(24)25-12-9-7-11(8-10-12)20-17(23)16-15(19)13-5-3-4-6-14(13)21-16/h3-10,21H,1-2H3,(H,20,23). The predicted octanol–water partition coefficient (Wildman–Crippen LogP) is 4.96. The summed E-state index contributed by atoms with van der Waals surface area (Å²) in [6.07, 6.45) is 0. The molecule has 0 bridgehead atoms. The van der Waals surface area contributed by atoms with Crippen LogP contribution in [0.5, 0.6) is 0 Å². The van der Waals surface area contributed by atoms with Crippen LogP contribution in [0.2, 0.25) is 0 Å². The third-order valence-electron chi connectivity index (χ3n) is 3.55. The van der Waals surface area contributed by atoms with E-state index in [1.807, 2.05) is 36.4 Å². The third-order valence-corrected chi connectivity index (χ3v) is 5.42. The molecule has 0 unspecified atom stereocenters. The number of nitrogens with zero attached hydrogens (tertiary/aromatic N) is 1. The van der Waals surface area contributed by atoms with Gasteiger partial charge in [-0.15, -0.1) is 0 Å². The van der Waals surface area contributed by atoms with Gasteiger partial charge in [0.15, 0.2) is 0 Å². The molecule has 0 spiro atoms. The van der Waals surface area contributed by atoms with Crippen molar-refractivity contribution in [3.8, 4) is 0 Å². The van der Waals surface area contributed by atoms with Crippen molar-refractivity contribution in [1.29, 1.82) is 0 Å². The monoisotopic (exact) mass is 417 g/mol. The number of H-pyrrole nitrogens is 1. The highest BCUT2D eigenvalue weighted by molar-refractivity contribution is 9.10. The number of halogens is 1. The Morgan fingerprint density at radius 1 is 1.08 bits per heavy atom. The van der Waals surface area contributed by atoms with Crippen molar-refractivity contribution >= 4 is 55.4 Å². The van der Waals surface area contributed by atoms with Gasteiger partial charge in [-0.1, -0.05) is 18.2 Å². The number of aromatic nitrogens is 1. The molecule has 0 saturated carbocycles. The van der Waals surface area contributed by atoms with Crippen molar-refractivity contribution in [3.05, 3.63) is 58.7 Å². The number of carbonyl (C=O) groups excluding carboxylic acids is 2. The van der Waals surface area contributed by atoms with Crippen LogP contribution < -0.4 is 5.32 Å². The summed E-state index contributed by atoms with van der Waals surface area (Å²) in [4.78, 5) is 29.7. The highest BCUT2D eigenvalue weighted by Gasteiger charge is 2.16. The smallest absolute Gasteiger partial charge is 0.285 e. The molecule has 2 N–H and O–H groups in total. The Hall–Kier alpha value is -2.25. The molecule has 7 heteroatoms. The molecule has 0 saturated heterocycles. The van der Waals surface area contributed by atoms with Crippen molar-refractivity contribution in [2.24, 2.45) is 0 Å². The van der Waals surface area contributed by atoms with Crippen molar-refractivity contribution < 1.29 is 9.59 Å². The molecule has 0 aliphatic carbocycles. The second kappa shape index (κ2) is 7.33. The van der Waals surface area contributed by atoms with Gasteiger partial charge in [-0.2, -0.15) is 0 Å². The number of aromatic amines is 1. The number of nitrogens with one attached hydrogen (secondary N) is 2. The van der Waals surface area contributed by atoms with E-state index in [2.05, 4.69) is 26.2 Å². The maximum Gasteiger partial charge on any atom is 0.285 e. The lowest BCUT2D eigenvalue weighted by Gasteiger charge is -2.09. The number of fused-ring (bicyclic) bond motifs is 1. The molecule has 5 nitrogen and oxygen atoms in total. The van der Waals surface area contributed by atoms with Gasteiger partial charge in [-0.3, -0.25) is 9.59 Å². The average molecular weight is 418 g/mol. The molecule has 0 aliphatic rings. The van der Waals surface area contributed by atoms with E-state index in [0.29, 0.717) is 11.4 Å². The van der Waals surface area contributed by atoms with Gasteiger partial charge < -0.3 is 15.2 Å². The Balaban J connectivity index is 1.74. The lowest BCUT2D eigenvalue weighted by Crippen LogP contribution is -2.16. The minimum atomic E-state index is -0.229. The largest absolute Gasteiger partial charge is 0.350 e. The van der Waals surface area contributed by atoms with Gasteiger partial charge in [0.1, 0.15) is 5.69 Å². The minimum Gasteiger partial charge on any atom is -0.350 e. The number of anilines is 1. The first-order valence-corrected chi connectivity index (χ1v) is 9.13. The maximum absolute atomic E-state index is 12.5. The summed E-state index contributed by atoms with van der Waals surface area (Å²) < 4.78 is 0.740. The van der Waals surface area contributed by atoms with Crippen molar-refractivity contribution in [2.45, 2.75) is 4.90 Å². The Morgan fingerprint density at radius 3 is 2.40 bits per heavy atom. The van der Waals surface area contributed by atoms with Crippen LogP contribution in [-0.2, 0) is 0 Å². The molecule has 2 amide bonds. The quantitative estimate of drug-likeness (QED) is 0.592. The number of thioether (sulfide) groups is 1. The molecule has 1 aromatic heterocycles. The molecule has 25 heavy (non-hydrogen) atoms. The average Bonchev–Trinajstić information content (AvgIpc) is 2.94. The zero-order valence-electron chi connectivity index (χ0n) is 13.7. The normalized spacial score (nSPS) is 10.7. The number of hydrogen-bond acceptors (Lipinski definition) is 3. The molecule has 1 heterocycles. The Labute approximate surface area is 157 Å². The zero-order valence-corrected chi connectivity index (χ0v) is 16.1. The second-order valence-electron chi connectivity index (χ2n) is 5.60. The van der Waals surface area contributed by atoms with Crippen molar-refractivity contribution in [1.82, 2.24) is 9.88 Å². The summed E-state index contributed by atoms with van der Waals surface area (Å²) >= 11 is 4.62. The van der Waals surface area contributed by atoms with Crippen LogP contribution in [0.15, 0.2) is 57.9 Å². The third kappa shape index (κ3) is 3.88. The Bertz CT molecular complexity index is 935. The fourth-order valence-corrected chi connectivity index (χ4v) is 3.54. The van der Waals surface area contributed by atoms with Crippen molar-refractivity contribution in [2.75, 3.05) is 19.4 Å². The topological polar surface area (TPSA) is 65.2 Å². The molecule has 3 aromatic rings. The summed E-state index contributed by atoms with van der Waals surface area (Å²) in [5, 5.41) is 3.78. The number of hydrogen-bond donors (Lipinski definition) is 2. The SMILES string of the molecule is CN(C)C(=O)Sc1ccc(NC(=O)c2[nH]c3ccccc3c2Br)cc1. The fraction of sp³-hybridized carbons (Fsp3) is 0.111. The lowest BCUT2D eigenvalue weighted by molar-refractivity contribution is 0.102. The minimum absolute atomic E-state index is 0.0428. The maximum atomic E-state index is 12.5. The summed E-state index contributed by atoms with van der Waals surface area (Å²) in [6, 6.07) is 14.9. The molecule has 0 fully saturated rings. The molecular formula is C18H16BrN3O2S. The number of benzene rings is 2. The highest BCUT2D eigenvalue weighted by Crippen LogP contribution is 2.28. The van der Waals surface area contributed by atoms with E-state index in [1.165, 1.54) is 4.90 Å². The number of carbonyl (C=O) groups is 2. The number of rotatable bonds is 3. The van der Waals surface area contributed by atoms with E-state index in [-0.39, 0.29) is 11.1 Å². The van der Waals surface area contributed by atoms with Crippen LogP contribution in [0.1, 0.15) is 10.5 Å². The molecular weight excluding hydrogens is 402 g/mol. The van der Waals surface area contributed by atoms with E-state index >= 15 is 0 Å². The lowest BCUT2D eigenvalue weighted by atomic mass is 10.2. The van der Waals surface area contributed by atoms with E-state index in [9.17, 15) is 9.59 Å².